The third-order valence-corrected chi connectivity index (χ3v) is 4.94. The maximum absolute atomic E-state index is 1.66. The SMILES string of the molecule is C1C[C@@]23CC4C(CC12)C43. The molecule has 4 fully saturated rings. The summed E-state index contributed by atoms with van der Waals surface area (Å²) in [7, 11) is 0. The maximum Gasteiger partial charge on any atom is -0.0232 e. The number of rotatable bonds is 0. The monoisotopic (exact) mass is 120 g/mol. The molecule has 0 aromatic carbocycles. The largest absolute Gasteiger partial charge is 0.0493 e. The second-order valence-electron chi connectivity index (χ2n) is 4.76. The average molecular weight is 120 g/mol. The molecule has 0 heteroatoms. The Kier molecular flexibility index (Phi) is 0.360. The molecular weight excluding hydrogens is 108 g/mol. The molecule has 5 atom stereocenters. The van der Waals surface area contributed by atoms with Crippen molar-refractivity contribution < 1.29 is 0 Å². The lowest BCUT2D eigenvalue weighted by Crippen LogP contribution is -2.46. The van der Waals surface area contributed by atoms with E-state index in [2.05, 4.69) is 0 Å². The fourth-order valence-electron chi connectivity index (χ4n) is 4.42. The van der Waals surface area contributed by atoms with Gasteiger partial charge in [0.2, 0.25) is 0 Å². The van der Waals surface area contributed by atoms with Gasteiger partial charge in [-0.05, 0) is 54.8 Å². The Balaban J connectivity index is 1.92. The minimum Gasteiger partial charge on any atom is -0.0493 e. The van der Waals surface area contributed by atoms with Crippen LogP contribution in [-0.4, -0.2) is 0 Å². The molecule has 48 valence electrons. The molecule has 0 bridgehead atoms. The van der Waals surface area contributed by atoms with Gasteiger partial charge in [-0.1, -0.05) is 0 Å². The number of hydrogen-bond acceptors (Lipinski definition) is 0. The summed E-state index contributed by atoms with van der Waals surface area (Å²) in [5, 5.41) is 0. The molecule has 1 spiro atoms. The van der Waals surface area contributed by atoms with Crippen molar-refractivity contribution in [3.05, 3.63) is 0 Å². The molecule has 0 saturated heterocycles. The molecule has 0 amide bonds. The van der Waals surface area contributed by atoms with Crippen LogP contribution in [0.3, 0.4) is 0 Å². The van der Waals surface area contributed by atoms with E-state index in [-0.39, 0.29) is 0 Å². The van der Waals surface area contributed by atoms with Crippen molar-refractivity contribution in [2.45, 2.75) is 25.7 Å². The van der Waals surface area contributed by atoms with Crippen molar-refractivity contribution in [1.29, 1.82) is 0 Å². The molecule has 4 saturated carbocycles. The second-order valence-corrected chi connectivity index (χ2v) is 4.76. The van der Waals surface area contributed by atoms with E-state index in [0.717, 1.165) is 5.41 Å². The standard InChI is InChI=1S/C9H12/c1-2-9-4-7-6(8(7)9)3-5(1)9/h5-8H,1-4H2/t5?,6?,7?,8?,9-/m1/s1. The molecule has 4 aliphatic carbocycles. The minimum atomic E-state index is 1.01. The number of fused-ring (bicyclic) bond motifs is 1. The first-order valence-corrected chi connectivity index (χ1v) is 4.42. The Morgan fingerprint density at radius 1 is 1.22 bits per heavy atom. The van der Waals surface area contributed by atoms with Crippen LogP contribution in [0.5, 0.6) is 0 Å². The molecule has 4 unspecified atom stereocenters. The van der Waals surface area contributed by atoms with Gasteiger partial charge in [-0.2, -0.15) is 0 Å². The lowest BCUT2D eigenvalue weighted by atomic mass is 9.50. The molecular formula is C9H12. The average Bonchev–Trinajstić information content (AvgIpc) is 2.21. The van der Waals surface area contributed by atoms with Crippen LogP contribution in [-0.2, 0) is 0 Å². The highest BCUT2D eigenvalue weighted by atomic mass is 14.8. The van der Waals surface area contributed by atoms with Gasteiger partial charge in [0.25, 0.3) is 0 Å². The molecule has 0 radical (unpaired) electrons. The van der Waals surface area contributed by atoms with Crippen LogP contribution in [0.15, 0.2) is 0 Å². The van der Waals surface area contributed by atoms with Crippen LogP contribution >= 0.6 is 0 Å². The van der Waals surface area contributed by atoms with Gasteiger partial charge in [-0.25, -0.2) is 0 Å². The van der Waals surface area contributed by atoms with Gasteiger partial charge >= 0.3 is 0 Å². The van der Waals surface area contributed by atoms with E-state index in [1.54, 1.807) is 25.7 Å². The fourth-order valence-corrected chi connectivity index (χ4v) is 4.42. The van der Waals surface area contributed by atoms with E-state index in [4.69, 9.17) is 0 Å². The molecule has 9 heavy (non-hydrogen) atoms. The first kappa shape index (κ1) is 4.00. The maximum atomic E-state index is 1.66. The third-order valence-electron chi connectivity index (χ3n) is 4.94. The summed E-state index contributed by atoms with van der Waals surface area (Å²) in [6, 6.07) is 0. The predicted molar refractivity (Wildman–Crippen MR) is 34.9 cm³/mol. The van der Waals surface area contributed by atoms with Gasteiger partial charge < -0.3 is 0 Å². The molecule has 0 N–H and O–H groups in total. The Labute approximate surface area is 55.6 Å². The minimum absolute atomic E-state index is 1.01. The van der Waals surface area contributed by atoms with Crippen LogP contribution in [0.25, 0.3) is 0 Å². The van der Waals surface area contributed by atoms with Gasteiger partial charge in [-0.15, -0.1) is 0 Å². The van der Waals surface area contributed by atoms with E-state index in [9.17, 15) is 0 Å². The first-order valence-electron chi connectivity index (χ1n) is 4.42. The molecule has 0 nitrogen and oxygen atoms in total. The zero-order chi connectivity index (χ0) is 5.64. The lowest BCUT2D eigenvalue weighted by Gasteiger charge is -2.55. The fraction of sp³-hybridized carbons (Fsp3) is 1.00. The highest BCUT2D eigenvalue weighted by Gasteiger charge is 2.80. The Morgan fingerprint density at radius 3 is 2.56 bits per heavy atom. The normalized spacial score (nSPS) is 80.0. The van der Waals surface area contributed by atoms with Crippen LogP contribution in [0.2, 0.25) is 0 Å². The van der Waals surface area contributed by atoms with Crippen molar-refractivity contribution in [1.82, 2.24) is 0 Å². The van der Waals surface area contributed by atoms with Crippen molar-refractivity contribution >= 4 is 0 Å². The molecule has 0 aliphatic heterocycles. The van der Waals surface area contributed by atoms with E-state index in [0.29, 0.717) is 0 Å². The topological polar surface area (TPSA) is 0 Å². The first-order chi connectivity index (χ1) is 4.42. The van der Waals surface area contributed by atoms with Gasteiger partial charge in [0.15, 0.2) is 0 Å². The molecule has 0 aromatic rings. The van der Waals surface area contributed by atoms with E-state index in [1.165, 1.54) is 23.7 Å². The smallest absolute Gasteiger partial charge is 0.0232 e. The van der Waals surface area contributed by atoms with Crippen molar-refractivity contribution in [2.24, 2.45) is 29.1 Å². The van der Waals surface area contributed by atoms with E-state index >= 15 is 0 Å². The highest BCUT2D eigenvalue weighted by Crippen LogP contribution is 2.86. The van der Waals surface area contributed by atoms with Crippen LogP contribution < -0.4 is 0 Å². The van der Waals surface area contributed by atoms with Crippen molar-refractivity contribution in [3.63, 3.8) is 0 Å². The summed E-state index contributed by atoms with van der Waals surface area (Å²) in [5.74, 6) is 5.05. The Morgan fingerprint density at radius 2 is 2.22 bits per heavy atom. The van der Waals surface area contributed by atoms with Crippen molar-refractivity contribution in [2.75, 3.05) is 0 Å². The highest BCUT2D eigenvalue weighted by molar-refractivity contribution is 5.28. The second kappa shape index (κ2) is 0.810. The zero-order valence-corrected chi connectivity index (χ0v) is 5.64. The predicted octanol–water partition coefficient (Wildman–Crippen LogP) is 2.05. The van der Waals surface area contributed by atoms with Crippen LogP contribution in [0, 0.1) is 29.1 Å². The molecule has 4 rings (SSSR count). The summed E-state index contributed by atoms with van der Waals surface area (Å²) in [6.45, 7) is 0. The van der Waals surface area contributed by atoms with E-state index in [1.807, 2.05) is 0 Å². The third kappa shape index (κ3) is 0.210. The summed E-state index contributed by atoms with van der Waals surface area (Å²) >= 11 is 0. The van der Waals surface area contributed by atoms with Gasteiger partial charge in [0.1, 0.15) is 0 Å². The number of hydrogen-bond donors (Lipinski definition) is 0. The molecule has 4 aliphatic rings. The van der Waals surface area contributed by atoms with Crippen LogP contribution in [0.1, 0.15) is 25.7 Å². The van der Waals surface area contributed by atoms with Gasteiger partial charge in [0, 0.05) is 0 Å². The van der Waals surface area contributed by atoms with Crippen molar-refractivity contribution in [3.8, 4) is 0 Å². The van der Waals surface area contributed by atoms with Gasteiger partial charge in [0.05, 0.1) is 0 Å². The molecule has 0 heterocycles. The zero-order valence-electron chi connectivity index (χ0n) is 5.64. The summed E-state index contributed by atoms with van der Waals surface area (Å²) in [5.41, 5.74) is 1.01. The Bertz CT molecular complexity index is 192. The van der Waals surface area contributed by atoms with Gasteiger partial charge in [-0.3, -0.25) is 0 Å². The Hall–Kier alpha value is 0. The summed E-state index contributed by atoms with van der Waals surface area (Å²) < 4.78 is 0. The molecule has 0 aromatic heterocycles. The van der Waals surface area contributed by atoms with E-state index < -0.39 is 0 Å². The summed E-state index contributed by atoms with van der Waals surface area (Å²) in [4.78, 5) is 0. The van der Waals surface area contributed by atoms with Crippen LogP contribution in [0.4, 0.5) is 0 Å². The lowest BCUT2D eigenvalue weighted by molar-refractivity contribution is -0.0558. The summed E-state index contributed by atoms with van der Waals surface area (Å²) in [6.07, 6.45) is 6.53. The quantitative estimate of drug-likeness (QED) is 0.459.